The van der Waals surface area contributed by atoms with Gasteiger partial charge in [0.1, 0.15) is 18.0 Å². The van der Waals surface area contributed by atoms with E-state index in [4.69, 9.17) is 14.5 Å². The van der Waals surface area contributed by atoms with Gasteiger partial charge in [0.25, 0.3) is 0 Å². The van der Waals surface area contributed by atoms with Crippen molar-refractivity contribution in [2.24, 2.45) is 5.92 Å². The molecule has 2 aromatic heterocycles. The Kier molecular flexibility index (Phi) is 9.24. The van der Waals surface area contributed by atoms with E-state index >= 15 is 0 Å². The Labute approximate surface area is 236 Å². The van der Waals surface area contributed by atoms with E-state index in [2.05, 4.69) is 27.9 Å². The minimum Gasteiger partial charge on any atom is -0.480 e. The summed E-state index contributed by atoms with van der Waals surface area (Å²) in [4.78, 5) is 29.3. The van der Waals surface area contributed by atoms with E-state index in [1.165, 1.54) is 5.56 Å². The molecule has 2 aromatic rings. The fraction of sp³-hybridized carbons (Fsp3) is 0.667. The van der Waals surface area contributed by atoms with Gasteiger partial charge in [-0.15, -0.1) is 0 Å². The molecule has 10 nitrogen and oxygen atoms in total. The lowest BCUT2D eigenvalue weighted by Gasteiger charge is -2.35. The normalized spacial score (nSPS) is 24.8. The van der Waals surface area contributed by atoms with E-state index < -0.39 is 18.1 Å². The smallest absolute Gasteiger partial charge is 0.408 e. The van der Waals surface area contributed by atoms with Gasteiger partial charge in [-0.25, -0.2) is 14.6 Å². The van der Waals surface area contributed by atoms with Crippen LogP contribution in [0.15, 0.2) is 18.2 Å². The quantitative estimate of drug-likeness (QED) is 0.364. The number of aromatic nitrogens is 3. The zero-order valence-corrected chi connectivity index (χ0v) is 23.7. The number of ether oxygens (including phenoxy) is 2. The van der Waals surface area contributed by atoms with Crippen molar-refractivity contribution in [1.82, 2.24) is 20.1 Å². The molecule has 40 heavy (non-hydrogen) atoms. The number of amides is 1. The molecule has 0 saturated heterocycles. The van der Waals surface area contributed by atoms with E-state index in [1.807, 2.05) is 24.6 Å². The number of carbonyl (C=O) groups is 2. The third-order valence-electron chi connectivity index (χ3n) is 8.59. The molecule has 5 rings (SSSR count). The Morgan fingerprint density at radius 3 is 2.80 bits per heavy atom. The molecule has 1 amide bonds. The lowest BCUT2D eigenvalue weighted by molar-refractivity contribution is -0.140. The summed E-state index contributed by atoms with van der Waals surface area (Å²) >= 11 is 0. The Morgan fingerprint density at radius 2 is 2.02 bits per heavy atom. The number of nitrogens with one attached hydrogen (secondary N) is 2. The summed E-state index contributed by atoms with van der Waals surface area (Å²) < 4.78 is 13.6. The third-order valence-corrected chi connectivity index (χ3v) is 8.59. The van der Waals surface area contributed by atoms with Crippen LogP contribution in [0.25, 0.3) is 0 Å². The maximum Gasteiger partial charge on any atom is 0.408 e. The van der Waals surface area contributed by atoms with Gasteiger partial charge < -0.3 is 25.2 Å². The molecule has 3 atom stereocenters. The molecule has 3 N–H and O–H groups in total. The van der Waals surface area contributed by atoms with Crippen molar-refractivity contribution >= 4 is 17.9 Å². The van der Waals surface area contributed by atoms with Gasteiger partial charge >= 0.3 is 12.1 Å². The molecule has 0 aromatic carbocycles. The van der Waals surface area contributed by atoms with Gasteiger partial charge in [0, 0.05) is 31.0 Å². The molecular weight excluding hydrogens is 510 g/mol. The van der Waals surface area contributed by atoms with Gasteiger partial charge in [0.2, 0.25) is 0 Å². The van der Waals surface area contributed by atoms with Crippen molar-refractivity contribution in [2.75, 3.05) is 18.5 Å². The van der Waals surface area contributed by atoms with E-state index in [0.29, 0.717) is 5.92 Å². The molecule has 3 heterocycles. The van der Waals surface area contributed by atoms with Crippen LogP contribution in [0, 0.1) is 19.8 Å². The fourth-order valence-corrected chi connectivity index (χ4v) is 6.31. The number of carboxylic acid groups (broad SMARTS) is 1. The van der Waals surface area contributed by atoms with E-state index in [9.17, 15) is 14.7 Å². The topological polar surface area (TPSA) is 128 Å². The van der Waals surface area contributed by atoms with E-state index in [0.717, 1.165) is 93.7 Å². The Hall–Kier alpha value is -3.14. The van der Waals surface area contributed by atoms with Crippen LogP contribution in [0.5, 0.6) is 0 Å². The highest BCUT2D eigenvalue weighted by atomic mass is 16.6. The van der Waals surface area contributed by atoms with Gasteiger partial charge in [-0.05, 0) is 95.2 Å². The summed E-state index contributed by atoms with van der Waals surface area (Å²) in [6.45, 7) is 5.23. The largest absolute Gasteiger partial charge is 0.480 e. The second-order valence-corrected chi connectivity index (χ2v) is 11.7. The number of anilines is 1. The van der Waals surface area contributed by atoms with Crippen molar-refractivity contribution in [3.05, 3.63) is 40.8 Å². The van der Waals surface area contributed by atoms with Crippen LogP contribution >= 0.6 is 0 Å². The number of carbonyl (C=O) groups excluding carboxylic acids is 1. The number of pyridine rings is 1. The summed E-state index contributed by atoms with van der Waals surface area (Å²) in [5, 5.41) is 20.2. The SMILES string of the molecule is Cc1cc(C)n(C2CCCCC2OC(=O)N[C@@H](CCOC2CC(CCc3ccc4c(n3)NCCC4)C2)C(=O)O)n1. The molecule has 1 aliphatic heterocycles. The number of fused-ring (bicyclic) bond motifs is 1. The zero-order valence-electron chi connectivity index (χ0n) is 23.7. The van der Waals surface area contributed by atoms with Gasteiger partial charge in [-0.3, -0.25) is 4.68 Å². The Bertz CT molecular complexity index is 1180. The minimum atomic E-state index is -1.09. The number of nitrogens with zero attached hydrogens (tertiary/aromatic N) is 3. The van der Waals surface area contributed by atoms with Crippen molar-refractivity contribution in [3.8, 4) is 0 Å². The van der Waals surface area contributed by atoms with Gasteiger partial charge in [0.15, 0.2) is 0 Å². The average Bonchev–Trinajstić information content (AvgIpc) is 3.26. The number of alkyl carbamates (subject to hydrolysis) is 1. The third kappa shape index (κ3) is 7.13. The number of aliphatic carboxylic acids is 1. The second kappa shape index (κ2) is 13.0. The molecule has 2 aliphatic carbocycles. The maximum atomic E-state index is 12.7. The number of aryl methyl sites for hydroxylation is 4. The molecule has 0 bridgehead atoms. The van der Waals surface area contributed by atoms with Crippen LogP contribution in [0.4, 0.5) is 10.6 Å². The van der Waals surface area contributed by atoms with Crippen LogP contribution < -0.4 is 10.6 Å². The standard InChI is InChI=1S/C30H43N5O5/c1-19-16-20(2)35(34-19)26-7-3-4-8-27(26)40-30(38)33-25(29(36)37)13-15-39-24-17-21(18-24)9-11-23-12-10-22-6-5-14-31-28(22)32-23/h10,12,16,21,24-27H,3-9,11,13-15,17-18H2,1-2H3,(H,31,32)(H,33,38)(H,36,37)/t21?,24?,25-,26?,27?/m0/s1. The Balaban J connectivity index is 1.01. The maximum absolute atomic E-state index is 12.7. The highest BCUT2D eigenvalue weighted by molar-refractivity contribution is 5.79. The van der Waals surface area contributed by atoms with Crippen molar-refractivity contribution < 1.29 is 24.2 Å². The molecule has 218 valence electrons. The number of hydrogen-bond donors (Lipinski definition) is 3. The first-order chi connectivity index (χ1) is 19.4. The molecule has 0 spiro atoms. The molecule has 2 fully saturated rings. The van der Waals surface area contributed by atoms with Crippen molar-refractivity contribution in [3.63, 3.8) is 0 Å². The summed E-state index contributed by atoms with van der Waals surface area (Å²) in [5.41, 5.74) is 4.41. The first kappa shape index (κ1) is 28.4. The van der Waals surface area contributed by atoms with Gasteiger partial charge in [0.05, 0.1) is 17.8 Å². The number of hydrogen-bond acceptors (Lipinski definition) is 7. The molecule has 2 saturated carbocycles. The van der Waals surface area contributed by atoms with Crippen molar-refractivity contribution in [1.29, 1.82) is 0 Å². The predicted octanol–water partition coefficient (Wildman–Crippen LogP) is 4.73. The van der Waals surface area contributed by atoms with E-state index in [1.54, 1.807) is 0 Å². The fourth-order valence-electron chi connectivity index (χ4n) is 6.31. The second-order valence-electron chi connectivity index (χ2n) is 11.7. The number of carboxylic acids is 1. The average molecular weight is 554 g/mol. The summed E-state index contributed by atoms with van der Waals surface area (Å²) in [6, 6.07) is 5.28. The summed E-state index contributed by atoms with van der Waals surface area (Å²) in [7, 11) is 0. The summed E-state index contributed by atoms with van der Waals surface area (Å²) in [5.74, 6) is 0.563. The van der Waals surface area contributed by atoms with Crippen molar-refractivity contribution in [2.45, 2.75) is 109 Å². The van der Waals surface area contributed by atoms with E-state index in [-0.39, 0.29) is 31.3 Å². The lowest BCUT2D eigenvalue weighted by Crippen LogP contribution is -2.45. The molecule has 0 radical (unpaired) electrons. The van der Waals surface area contributed by atoms with Gasteiger partial charge in [-0.1, -0.05) is 12.5 Å². The highest BCUT2D eigenvalue weighted by Crippen LogP contribution is 2.34. The molecular formula is C30H43N5O5. The predicted molar refractivity (Wildman–Crippen MR) is 150 cm³/mol. The van der Waals surface area contributed by atoms with Crippen LogP contribution in [0.1, 0.15) is 86.5 Å². The highest BCUT2D eigenvalue weighted by Gasteiger charge is 2.33. The van der Waals surface area contributed by atoms with Gasteiger partial charge in [-0.2, -0.15) is 5.10 Å². The zero-order chi connectivity index (χ0) is 28.1. The first-order valence-corrected chi connectivity index (χ1v) is 14.9. The minimum absolute atomic E-state index is 0.0360. The monoisotopic (exact) mass is 553 g/mol. The van der Waals surface area contributed by atoms with Crippen LogP contribution in [0.2, 0.25) is 0 Å². The Morgan fingerprint density at radius 1 is 1.20 bits per heavy atom. The number of rotatable bonds is 11. The molecule has 2 unspecified atom stereocenters. The molecule has 3 aliphatic rings. The van der Waals surface area contributed by atoms with Crippen LogP contribution in [-0.2, 0) is 27.1 Å². The first-order valence-electron chi connectivity index (χ1n) is 14.9. The summed E-state index contributed by atoms with van der Waals surface area (Å²) in [6.07, 6.45) is 9.20. The van der Waals surface area contributed by atoms with Crippen LogP contribution in [0.3, 0.4) is 0 Å². The molecule has 10 heteroatoms. The lowest BCUT2D eigenvalue weighted by atomic mass is 9.79. The van der Waals surface area contributed by atoms with Crippen LogP contribution in [-0.4, -0.2) is 63.3 Å².